The lowest BCUT2D eigenvalue weighted by Gasteiger charge is -2.28. The van der Waals surface area contributed by atoms with Gasteiger partial charge in [-0.2, -0.15) is 0 Å². The van der Waals surface area contributed by atoms with Crippen LogP contribution in [0.2, 0.25) is 0 Å². The van der Waals surface area contributed by atoms with Gasteiger partial charge in [-0.3, -0.25) is 4.90 Å². The predicted molar refractivity (Wildman–Crippen MR) is 85.1 cm³/mol. The van der Waals surface area contributed by atoms with Crippen LogP contribution in [0, 0.1) is 6.92 Å². The first-order valence-electron chi connectivity index (χ1n) is 7.28. The maximum atomic E-state index is 5.61. The number of furan rings is 1. The molecule has 0 saturated heterocycles. The Bertz CT molecular complexity index is 488. The molecule has 0 amide bonds. The van der Waals surface area contributed by atoms with Gasteiger partial charge in [0.15, 0.2) is 0 Å². The summed E-state index contributed by atoms with van der Waals surface area (Å²) in [5.41, 5.74) is 0. The quantitative estimate of drug-likeness (QED) is 0.801. The number of aryl methyl sites for hydroxylation is 1. The molecule has 0 fully saturated rings. The maximum Gasteiger partial charge on any atom is 0.122 e. The van der Waals surface area contributed by atoms with Gasteiger partial charge in [0.1, 0.15) is 5.76 Å². The van der Waals surface area contributed by atoms with E-state index in [1.165, 1.54) is 9.75 Å². The number of nitrogens with zero attached hydrogens (tertiary/aromatic N) is 1. The van der Waals surface area contributed by atoms with E-state index in [2.05, 4.69) is 49.2 Å². The molecule has 4 heteroatoms. The van der Waals surface area contributed by atoms with E-state index >= 15 is 0 Å². The Morgan fingerprint density at radius 2 is 2.05 bits per heavy atom. The van der Waals surface area contributed by atoms with Crippen molar-refractivity contribution in [3.63, 3.8) is 0 Å². The smallest absolute Gasteiger partial charge is 0.122 e. The minimum Gasteiger partial charge on any atom is -0.468 e. The van der Waals surface area contributed by atoms with Gasteiger partial charge < -0.3 is 9.73 Å². The van der Waals surface area contributed by atoms with Crippen molar-refractivity contribution in [1.29, 1.82) is 0 Å². The number of thiophene rings is 1. The molecule has 2 rings (SSSR count). The van der Waals surface area contributed by atoms with Crippen LogP contribution >= 0.6 is 11.3 Å². The summed E-state index contributed by atoms with van der Waals surface area (Å²) >= 11 is 1.86. The van der Waals surface area contributed by atoms with E-state index in [0.29, 0.717) is 6.04 Å². The zero-order valence-electron chi connectivity index (χ0n) is 12.6. The molecule has 20 heavy (non-hydrogen) atoms. The largest absolute Gasteiger partial charge is 0.468 e. The van der Waals surface area contributed by atoms with Gasteiger partial charge in [-0.05, 0) is 44.3 Å². The maximum absolute atomic E-state index is 5.61. The molecule has 0 aromatic carbocycles. The summed E-state index contributed by atoms with van der Waals surface area (Å²) in [5.74, 6) is 1.04. The first kappa shape index (κ1) is 15.3. The Labute approximate surface area is 125 Å². The van der Waals surface area contributed by atoms with E-state index in [-0.39, 0.29) is 0 Å². The van der Waals surface area contributed by atoms with E-state index in [4.69, 9.17) is 4.42 Å². The number of rotatable bonds is 8. The summed E-state index contributed by atoms with van der Waals surface area (Å²) in [5, 5.41) is 3.56. The van der Waals surface area contributed by atoms with Crippen LogP contribution in [0.3, 0.4) is 0 Å². The lowest BCUT2D eigenvalue weighted by molar-refractivity contribution is 0.188. The van der Waals surface area contributed by atoms with Gasteiger partial charge in [-0.1, -0.05) is 13.8 Å². The summed E-state index contributed by atoms with van der Waals surface area (Å²) in [6, 6.07) is 8.72. The van der Waals surface area contributed by atoms with Crippen LogP contribution < -0.4 is 5.32 Å². The Hall–Kier alpha value is -1.10. The van der Waals surface area contributed by atoms with E-state index < -0.39 is 0 Å². The molecule has 0 aliphatic carbocycles. The van der Waals surface area contributed by atoms with Crippen molar-refractivity contribution in [3.05, 3.63) is 46.0 Å². The highest BCUT2D eigenvalue weighted by Gasteiger charge is 2.19. The molecule has 0 radical (unpaired) electrons. The number of nitrogens with one attached hydrogen (secondary N) is 1. The van der Waals surface area contributed by atoms with Gasteiger partial charge in [0, 0.05) is 22.8 Å². The molecular formula is C16H24N2OS. The first-order valence-corrected chi connectivity index (χ1v) is 8.09. The third-order valence-electron chi connectivity index (χ3n) is 3.56. The third-order valence-corrected chi connectivity index (χ3v) is 4.56. The average molecular weight is 292 g/mol. The molecule has 1 atom stereocenters. The fourth-order valence-electron chi connectivity index (χ4n) is 2.47. The lowest BCUT2D eigenvalue weighted by Crippen LogP contribution is -2.35. The Morgan fingerprint density at radius 1 is 1.25 bits per heavy atom. The van der Waals surface area contributed by atoms with Crippen molar-refractivity contribution in [2.45, 2.75) is 33.4 Å². The van der Waals surface area contributed by atoms with Crippen LogP contribution in [0.5, 0.6) is 0 Å². The Balaban J connectivity index is 1.94. The molecule has 2 aromatic rings. The summed E-state index contributed by atoms with van der Waals surface area (Å²) < 4.78 is 5.61. The van der Waals surface area contributed by atoms with Gasteiger partial charge in [0.2, 0.25) is 0 Å². The van der Waals surface area contributed by atoms with Crippen LogP contribution in [0.4, 0.5) is 0 Å². The van der Waals surface area contributed by atoms with Crippen molar-refractivity contribution < 1.29 is 4.42 Å². The molecule has 110 valence electrons. The molecule has 1 N–H and O–H groups in total. The molecular weight excluding hydrogens is 268 g/mol. The van der Waals surface area contributed by atoms with Crippen molar-refractivity contribution in [3.8, 4) is 0 Å². The summed E-state index contributed by atoms with van der Waals surface area (Å²) in [6.45, 7) is 10.4. The highest BCUT2D eigenvalue weighted by molar-refractivity contribution is 7.11. The summed E-state index contributed by atoms with van der Waals surface area (Å²) in [4.78, 5) is 5.18. The summed E-state index contributed by atoms with van der Waals surface area (Å²) in [6.07, 6.45) is 1.76. The normalized spacial score (nSPS) is 13.0. The van der Waals surface area contributed by atoms with E-state index in [1.807, 2.05) is 17.4 Å². The van der Waals surface area contributed by atoms with Gasteiger partial charge in [0.25, 0.3) is 0 Å². The molecule has 1 unspecified atom stereocenters. The van der Waals surface area contributed by atoms with Gasteiger partial charge >= 0.3 is 0 Å². The fourth-order valence-corrected chi connectivity index (χ4v) is 3.33. The van der Waals surface area contributed by atoms with Gasteiger partial charge in [0.05, 0.1) is 12.3 Å². The number of hydrogen-bond acceptors (Lipinski definition) is 4. The van der Waals surface area contributed by atoms with Gasteiger partial charge in [-0.15, -0.1) is 11.3 Å². The molecule has 2 heterocycles. The zero-order valence-corrected chi connectivity index (χ0v) is 13.4. The number of hydrogen-bond donors (Lipinski definition) is 1. The standard InChI is InChI=1S/C16H24N2OS/c1-4-18(5-2)15(16-7-6-10-19-16)12-17-11-14-9-8-13(3)20-14/h6-10,15,17H,4-5,11-12H2,1-3H3. The third kappa shape index (κ3) is 3.95. The minimum absolute atomic E-state index is 0.307. The molecule has 0 saturated carbocycles. The van der Waals surface area contributed by atoms with Crippen molar-refractivity contribution in [2.24, 2.45) is 0 Å². The predicted octanol–water partition coefficient (Wildman–Crippen LogP) is 3.82. The second-order valence-corrected chi connectivity index (χ2v) is 6.27. The van der Waals surface area contributed by atoms with Crippen molar-refractivity contribution in [2.75, 3.05) is 19.6 Å². The van der Waals surface area contributed by atoms with E-state index in [9.17, 15) is 0 Å². The molecule has 3 nitrogen and oxygen atoms in total. The topological polar surface area (TPSA) is 28.4 Å². The van der Waals surface area contributed by atoms with Crippen molar-refractivity contribution >= 4 is 11.3 Å². The highest BCUT2D eigenvalue weighted by atomic mass is 32.1. The molecule has 2 aromatic heterocycles. The Morgan fingerprint density at radius 3 is 2.60 bits per heavy atom. The monoisotopic (exact) mass is 292 g/mol. The molecule has 0 bridgehead atoms. The average Bonchev–Trinajstić information content (AvgIpc) is 3.10. The first-order chi connectivity index (χ1) is 9.74. The van der Waals surface area contributed by atoms with Crippen LogP contribution in [-0.4, -0.2) is 24.5 Å². The van der Waals surface area contributed by atoms with Crippen LogP contribution in [0.1, 0.15) is 35.4 Å². The highest BCUT2D eigenvalue weighted by Crippen LogP contribution is 2.21. The second-order valence-electron chi connectivity index (χ2n) is 4.90. The molecule has 0 aliphatic heterocycles. The van der Waals surface area contributed by atoms with E-state index in [1.54, 1.807) is 6.26 Å². The van der Waals surface area contributed by atoms with E-state index in [0.717, 1.165) is 31.9 Å². The van der Waals surface area contributed by atoms with Crippen LogP contribution in [0.15, 0.2) is 34.9 Å². The summed E-state index contributed by atoms with van der Waals surface area (Å²) in [7, 11) is 0. The molecule has 0 aliphatic rings. The lowest BCUT2D eigenvalue weighted by atomic mass is 10.2. The van der Waals surface area contributed by atoms with Crippen molar-refractivity contribution in [1.82, 2.24) is 10.2 Å². The van der Waals surface area contributed by atoms with Gasteiger partial charge in [-0.25, -0.2) is 0 Å². The van der Waals surface area contributed by atoms with Crippen LogP contribution in [-0.2, 0) is 6.54 Å². The minimum atomic E-state index is 0.307. The number of likely N-dealkylation sites (N-methyl/N-ethyl adjacent to an activating group) is 1. The second kappa shape index (κ2) is 7.62. The van der Waals surface area contributed by atoms with Crippen LogP contribution in [0.25, 0.3) is 0 Å². The molecule has 0 spiro atoms. The Kier molecular flexibility index (Phi) is 5.83. The zero-order chi connectivity index (χ0) is 14.4. The SMILES string of the molecule is CCN(CC)C(CNCc1ccc(C)s1)c1ccco1. The fraction of sp³-hybridized carbons (Fsp3) is 0.500.